The van der Waals surface area contributed by atoms with Gasteiger partial charge in [-0.05, 0) is 71.6 Å². The van der Waals surface area contributed by atoms with Crippen molar-refractivity contribution in [2.24, 2.45) is 11.8 Å². The molecule has 2 rings (SSSR count). The Bertz CT molecular complexity index is 484. The lowest BCUT2D eigenvalue weighted by Crippen LogP contribution is -2.27. The average molecular weight is 327 g/mol. The molecule has 1 aliphatic rings. The summed E-state index contributed by atoms with van der Waals surface area (Å²) in [4.78, 5) is 0. The van der Waals surface area contributed by atoms with E-state index in [1.54, 1.807) is 12.1 Å². The fourth-order valence-electron chi connectivity index (χ4n) is 2.96. The van der Waals surface area contributed by atoms with Gasteiger partial charge in [0.1, 0.15) is 5.82 Å². The van der Waals surface area contributed by atoms with Gasteiger partial charge >= 0.3 is 0 Å². The third-order valence-corrected chi connectivity index (χ3v) is 4.41. The molecule has 19 heavy (non-hydrogen) atoms. The van der Waals surface area contributed by atoms with E-state index in [1.165, 1.54) is 11.6 Å². The quantitative estimate of drug-likeness (QED) is 0.812. The maximum absolute atomic E-state index is 13.2. The molecule has 1 aromatic rings. The van der Waals surface area contributed by atoms with Crippen LogP contribution in [0.1, 0.15) is 32.3 Å². The van der Waals surface area contributed by atoms with Gasteiger partial charge in [0, 0.05) is 0 Å². The minimum atomic E-state index is -0.358. The Labute approximate surface area is 122 Å². The molecule has 0 aromatic heterocycles. The summed E-state index contributed by atoms with van der Waals surface area (Å²) in [6.45, 7) is 4.32. The fraction of sp³-hybridized carbons (Fsp3) is 0.500. The summed E-state index contributed by atoms with van der Waals surface area (Å²) in [6, 6.07) is 4.95. The van der Waals surface area contributed by atoms with Crippen LogP contribution in [0.15, 0.2) is 34.3 Å². The van der Waals surface area contributed by atoms with E-state index in [4.69, 9.17) is 0 Å². The highest BCUT2D eigenvalue weighted by Crippen LogP contribution is 2.31. The van der Waals surface area contributed by atoms with Crippen LogP contribution in [0.3, 0.4) is 0 Å². The maximum atomic E-state index is 13.2. The molecular formula is C16H20BrFO. The van der Waals surface area contributed by atoms with Crippen molar-refractivity contribution >= 4 is 15.9 Å². The first kappa shape index (κ1) is 14.7. The van der Waals surface area contributed by atoms with Crippen LogP contribution in [0.4, 0.5) is 4.39 Å². The Morgan fingerprint density at radius 3 is 2.84 bits per heavy atom. The van der Waals surface area contributed by atoms with E-state index in [0.29, 0.717) is 22.7 Å². The first-order valence-corrected chi connectivity index (χ1v) is 7.54. The number of hydrogen-bond donors (Lipinski definition) is 1. The first-order valence-electron chi connectivity index (χ1n) is 6.75. The molecule has 3 unspecified atom stereocenters. The van der Waals surface area contributed by atoms with E-state index in [2.05, 4.69) is 35.9 Å². The summed E-state index contributed by atoms with van der Waals surface area (Å²) >= 11 is 3.19. The molecule has 1 nitrogen and oxygen atoms in total. The van der Waals surface area contributed by atoms with Crippen LogP contribution in [0.25, 0.3) is 0 Å². The molecule has 1 aliphatic carbocycles. The summed E-state index contributed by atoms with van der Waals surface area (Å²) in [7, 11) is 0. The van der Waals surface area contributed by atoms with Crippen LogP contribution >= 0.6 is 15.9 Å². The number of allylic oxidation sites excluding steroid dienone is 2. The monoisotopic (exact) mass is 326 g/mol. The Hall–Kier alpha value is -0.670. The molecule has 0 bridgehead atoms. The molecule has 0 radical (unpaired) electrons. The molecule has 104 valence electrons. The second kappa shape index (κ2) is 6.19. The molecule has 0 saturated heterocycles. The lowest BCUT2D eigenvalue weighted by molar-refractivity contribution is 0.0932. The normalized spacial score (nSPS) is 25.0. The van der Waals surface area contributed by atoms with Crippen LogP contribution in [-0.2, 0) is 6.42 Å². The molecule has 1 N–H and O–H groups in total. The van der Waals surface area contributed by atoms with Gasteiger partial charge in [-0.1, -0.05) is 24.6 Å². The fourth-order valence-corrected chi connectivity index (χ4v) is 3.39. The number of hydrogen-bond acceptors (Lipinski definition) is 1. The highest BCUT2D eigenvalue weighted by atomic mass is 79.9. The largest absolute Gasteiger partial charge is 0.392 e. The summed E-state index contributed by atoms with van der Waals surface area (Å²) in [6.07, 6.45) is 4.51. The molecule has 0 fully saturated rings. The number of rotatable bonds is 3. The van der Waals surface area contributed by atoms with E-state index in [-0.39, 0.29) is 11.9 Å². The lowest BCUT2D eigenvalue weighted by atomic mass is 9.79. The van der Waals surface area contributed by atoms with Crippen LogP contribution in [0.2, 0.25) is 0 Å². The molecule has 0 spiro atoms. The van der Waals surface area contributed by atoms with E-state index >= 15 is 0 Å². The smallest absolute Gasteiger partial charge is 0.137 e. The van der Waals surface area contributed by atoms with Gasteiger partial charge in [0.25, 0.3) is 0 Å². The van der Waals surface area contributed by atoms with Gasteiger partial charge in [-0.15, -0.1) is 0 Å². The van der Waals surface area contributed by atoms with E-state index in [0.717, 1.165) is 18.4 Å². The molecular weight excluding hydrogens is 307 g/mol. The van der Waals surface area contributed by atoms with Crippen molar-refractivity contribution in [2.75, 3.05) is 0 Å². The predicted octanol–water partition coefficient (Wildman–Crippen LogP) is 4.48. The number of benzene rings is 1. The zero-order chi connectivity index (χ0) is 14.0. The summed E-state index contributed by atoms with van der Waals surface area (Å²) in [5.74, 6) is 0.584. The highest BCUT2D eigenvalue weighted by Gasteiger charge is 2.25. The van der Waals surface area contributed by atoms with Crippen molar-refractivity contribution in [1.29, 1.82) is 0 Å². The van der Waals surface area contributed by atoms with Crippen LogP contribution in [-0.4, -0.2) is 11.2 Å². The Morgan fingerprint density at radius 1 is 1.47 bits per heavy atom. The molecule has 0 saturated carbocycles. The van der Waals surface area contributed by atoms with Crippen LogP contribution in [0.5, 0.6) is 0 Å². The number of aliphatic hydroxyl groups is 1. The number of aliphatic hydroxyl groups excluding tert-OH is 1. The summed E-state index contributed by atoms with van der Waals surface area (Å²) < 4.78 is 13.6. The highest BCUT2D eigenvalue weighted by molar-refractivity contribution is 9.10. The maximum Gasteiger partial charge on any atom is 0.137 e. The van der Waals surface area contributed by atoms with Crippen LogP contribution < -0.4 is 0 Å². The van der Waals surface area contributed by atoms with Gasteiger partial charge in [-0.3, -0.25) is 0 Å². The van der Waals surface area contributed by atoms with Gasteiger partial charge in [0.05, 0.1) is 10.6 Å². The zero-order valence-electron chi connectivity index (χ0n) is 11.4. The van der Waals surface area contributed by atoms with Gasteiger partial charge in [0.15, 0.2) is 0 Å². The van der Waals surface area contributed by atoms with Crippen molar-refractivity contribution in [2.45, 2.75) is 39.2 Å². The molecule has 3 heteroatoms. The van der Waals surface area contributed by atoms with Crippen molar-refractivity contribution in [3.05, 3.63) is 45.7 Å². The summed E-state index contributed by atoms with van der Waals surface area (Å²) in [5.41, 5.74) is 2.34. The second-order valence-electron chi connectivity index (χ2n) is 5.71. The van der Waals surface area contributed by atoms with Crippen molar-refractivity contribution in [1.82, 2.24) is 0 Å². The van der Waals surface area contributed by atoms with Gasteiger partial charge in [0.2, 0.25) is 0 Å². The lowest BCUT2D eigenvalue weighted by Gasteiger charge is -2.29. The molecule has 0 heterocycles. The Morgan fingerprint density at radius 2 is 2.21 bits per heavy atom. The van der Waals surface area contributed by atoms with Crippen molar-refractivity contribution < 1.29 is 9.50 Å². The summed E-state index contributed by atoms with van der Waals surface area (Å²) in [5, 5.41) is 10.4. The Balaban J connectivity index is 2.02. The first-order chi connectivity index (χ1) is 8.95. The Kier molecular flexibility index (Phi) is 4.80. The van der Waals surface area contributed by atoms with Crippen LogP contribution in [0, 0.1) is 17.7 Å². The van der Waals surface area contributed by atoms with E-state index in [1.807, 2.05) is 0 Å². The van der Waals surface area contributed by atoms with E-state index in [9.17, 15) is 9.50 Å². The van der Waals surface area contributed by atoms with Crippen molar-refractivity contribution in [3.63, 3.8) is 0 Å². The SMILES string of the molecule is CC1=CC(C)CC(C(O)Cc2ccc(F)c(Br)c2)C1. The third-order valence-electron chi connectivity index (χ3n) is 3.80. The molecule has 1 aromatic carbocycles. The predicted molar refractivity (Wildman–Crippen MR) is 79.5 cm³/mol. The van der Waals surface area contributed by atoms with Gasteiger partial charge < -0.3 is 5.11 Å². The molecule has 3 atom stereocenters. The zero-order valence-corrected chi connectivity index (χ0v) is 13.0. The standard InChI is InChI=1S/C16H20BrFO/c1-10-5-11(2)7-13(6-10)16(19)9-12-3-4-15(18)14(17)8-12/h3-5,8,10,13,16,19H,6-7,9H2,1-2H3. The van der Waals surface area contributed by atoms with E-state index < -0.39 is 0 Å². The van der Waals surface area contributed by atoms with Crippen molar-refractivity contribution in [3.8, 4) is 0 Å². The molecule has 0 aliphatic heterocycles. The van der Waals surface area contributed by atoms with Gasteiger partial charge in [-0.2, -0.15) is 0 Å². The topological polar surface area (TPSA) is 20.2 Å². The number of halogens is 2. The third kappa shape index (κ3) is 3.90. The second-order valence-corrected chi connectivity index (χ2v) is 6.56. The minimum absolute atomic E-state index is 0.261. The minimum Gasteiger partial charge on any atom is -0.392 e. The molecule has 0 amide bonds. The van der Waals surface area contributed by atoms with Gasteiger partial charge in [-0.25, -0.2) is 4.39 Å². The average Bonchev–Trinajstić information content (AvgIpc) is 2.32.